The zero-order valence-electron chi connectivity index (χ0n) is 9.79. The third kappa shape index (κ3) is 2.82. The second-order valence-electron chi connectivity index (χ2n) is 3.74. The highest BCUT2D eigenvalue weighted by molar-refractivity contribution is 5.95. The minimum Gasteiger partial charge on any atom is -0.342 e. The lowest BCUT2D eigenvalue weighted by Gasteiger charge is -2.17. The summed E-state index contributed by atoms with van der Waals surface area (Å²) >= 11 is 0. The third-order valence-corrected chi connectivity index (χ3v) is 2.53. The molecule has 0 spiro atoms. The Hall–Kier alpha value is -1.31. The number of benzene rings is 1. The first kappa shape index (κ1) is 11.8. The summed E-state index contributed by atoms with van der Waals surface area (Å²) in [5.41, 5.74) is 1.97. The van der Waals surface area contributed by atoms with Gasteiger partial charge in [-0.05, 0) is 24.5 Å². The Labute approximate surface area is 91.9 Å². The molecule has 0 aliphatic heterocycles. The van der Waals surface area contributed by atoms with Crippen LogP contribution in [0.1, 0.15) is 36.2 Å². The van der Waals surface area contributed by atoms with E-state index in [2.05, 4.69) is 13.8 Å². The van der Waals surface area contributed by atoms with Crippen LogP contribution in [0.15, 0.2) is 24.3 Å². The Bertz CT molecular complexity index is 333. The molecule has 0 aliphatic rings. The number of amides is 1. The SMILES string of the molecule is CCCN(C)C(=O)c1ccccc1CC. The van der Waals surface area contributed by atoms with Crippen molar-refractivity contribution < 1.29 is 4.79 Å². The lowest BCUT2D eigenvalue weighted by molar-refractivity contribution is 0.0794. The fourth-order valence-corrected chi connectivity index (χ4v) is 1.68. The van der Waals surface area contributed by atoms with Gasteiger partial charge in [-0.3, -0.25) is 4.79 Å². The number of aryl methyl sites for hydroxylation is 1. The molecule has 0 heterocycles. The van der Waals surface area contributed by atoms with E-state index >= 15 is 0 Å². The smallest absolute Gasteiger partial charge is 0.253 e. The maximum Gasteiger partial charge on any atom is 0.253 e. The number of carbonyl (C=O) groups is 1. The Morgan fingerprint density at radius 1 is 1.27 bits per heavy atom. The minimum atomic E-state index is 0.134. The molecule has 0 saturated heterocycles. The molecule has 1 amide bonds. The average molecular weight is 205 g/mol. The zero-order chi connectivity index (χ0) is 11.3. The van der Waals surface area contributed by atoms with Crippen molar-refractivity contribution in [1.82, 2.24) is 4.90 Å². The zero-order valence-corrected chi connectivity index (χ0v) is 9.79. The first-order valence-corrected chi connectivity index (χ1v) is 5.54. The van der Waals surface area contributed by atoms with E-state index in [9.17, 15) is 4.79 Å². The quantitative estimate of drug-likeness (QED) is 0.740. The molecular weight excluding hydrogens is 186 g/mol. The second-order valence-corrected chi connectivity index (χ2v) is 3.74. The molecule has 82 valence electrons. The maximum absolute atomic E-state index is 12.0. The van der Waals surface area contributed by atoms with E-state index < -0.39 is 0 Å². The number of rotatable bonds is 4. The number of nitrogens with zero attached hydrogens (tertiary/aromatic N) is 1. The van der Waals surface area contributed by atoms with E-state index in [0.717, 1.165) is 30.5 Å². The number of hydrogen-bond donors (Lipinski definition) is 0. The van der Waals surface area contributed by atoms with Gasteiger partial charge in [0.15, 0.2) is 0 Å². The first-order chi connectivity index (χ1) is 7.20. The van der Waals surface area contributed by atoms with Crippen LogP contribution in [-0.2, 0) is 6.42 Å². The Morgan fingerprint density at radius 2 is 1.93 bits per heavy atom. The monoisotopic (exact) mass is 205 g/mol. The van der Waals surface area contributed by atoms with Crippen molar-refractivity contribution in [1.29, 1.82) is 0 Å². The van der Waals surface area contributed by atoms with Crippen molar-refractivity contribution in [3.05, 3.63) is 35.4 Å². The Kier molecular flexibility index (Phi) is 4.35. The van der Waals surface area contributed by atoms with Crippen LogP contribution in [0.3, 0.4) is 0 Å². The molecule has 0 bridgehead atoms. The summed E-state index contributed by atoms with van der Waals surface area (Å²) in [5, 5.41) is 0. The summed E-state index contributed by atoms with van der Waals surface area (Å²) in [4.78, 5) is 13.8. The second kappa shape index (κ2) is 5.54. The molecule has 0 atom stereocenters. The van der Waals surface area contributed by atoms with Crippen LogP contribution in [-0.4, -0.2) is 24.4 Å². The molecule has 0 N–H and O–H groups in total. The van der Waals surface area contributed by atoms with Crippen molar-refractivity contribution in [2.75, 3.05) is 13.6 Å². The molecule has 1 aromatic carbocycles. The van der Waals surface area contributed by atoms with Crippen molar-refractivity contribution >= 4 is 5.91 Å². The molecule has 2 nitrogen and oxygen atoms in total. The van der Waals surface area contributed by atoms with Crippen molar-refractivity contribution in [2.24, 2.45) is 0 Å². The summed E-state index contributed by atoms with van der Waals surface area (Å²) in [6.07, 6.45) is 1.90. The topological polar surface area (TPSA) is 20.3 Å². The fourth-order valence-electron chi connectivity index (χ4n) is 1.68. The highest BCUT2D eigenvalue weighted by atomic mass is 16.2. The van der Waals surface area contributed by atoms with Gasteiger partial charge in [-0.2, -0.15) is 0 Å². The van der Waals surface area contributed by atoms with Gasteiger partial charge in [-0.1, -0.05) is 32.0 Å². The molecular formula is C13H19NO. The largest absolute Gasteiger partial charge is 0.342 e. The average Bonchev–Trinajstić information content (AvgIpc) is 2.28. The van der Waals surface area contributed by atoms with Gasteiger partial charge in [0.2, 0.25) is 0 Å². The van der Waals surface area contributed by atoms with Crippen LogP contribution in [0.5, 0.6) is 0 Å². The predicted octanol–water partition coefficient (Wildman–Crippen LogP) is 2.73. The van der Waals surface area contributed by atoms with Crippen LogP contribution in [0.4, 0.5) is 0 Å². The van der Waals surface area contributed by atoms with E-state index in [0.29, 0.717) is 0 Å². The molecule has 1 aromatic rings. The first-order valence-electron chi connectivity index (χ1n) is 5.54. The van der Waals surface area contributed by atoms with Crippen molar-refractivity contribution in [3.63, 3.8) is 0 Å². The van der Waals surface area contributed by atoms with Gasteiger partial charge in [0, 0.05) is 19.2 Å². The molecule has 2 heteroatoms. The van der Waals surface area contributed by atoms with Crippen LogP contribution >= 0.6 is 0 Å². The van der Waals surface area contributed by atoms with E-state index in [1.807, 2.05) is 31.3 Å². The van der Waals surface area contributed by atoms with E-state index in [4.69, 9.17) is 0 Å². The summed E-state index contributed by atoms with van der Waals surface area (Å²) in [6, 6.07) is 7.84. The standard InChI is InChI=1S/C13H19NO/c1-4-10-14(3)13(15)12-9-7-6-8-11(12)5-2/h6-9H,4-5,10H2,1-3H3. The molecule has 0 aromatic heterocycles. The van der Waals surface area contributed by atoms with Crippen LogP contribution < -0.4 is 0 Å². The summed E-state index contributed by atoms with van der Waals surface area (Å²) in [6.45, 7) is 4.97. The van der Waals surface area contributed by atoms with Gasteiger partial charge in [0.1, 0.15) is 0 Å². The third-order valence-electron chi connectivity index (χ3n) is 2.53. The van der Waals surface area contributed by atoms with Crippen LogP contribution in [0, 0.1) is 0 Å². The lowest BCUT2D eigenvalue weighted by atomic mass is 10.0. The molecule has 0 saturated carbocycles. The Balaban J connectivity index is 2.90. The fraction of sp³-hybridized carbons (Fsp3) is 0.462. The van der Waals surface area contributed by atoms with Gasteiger partial charge >= 0.3 is 0 Å². The maximum atomic E-state index is 12.0. The highest BCUT2D eigenvalue weighted by Crippen LogP contribution is 2.11. The summed E-state index contributed by atoms with van der Waals surface area (Å²) in [5.74, 6) is 0.134. The molecule has 0 aliphatic carbocycles. The minimum absolute atomic E-state index is 0.134. The van der Waals surface area contributed by atoms with Gasteiger partial charge in [0.05, 0.1) is 0 Å². The summed E-state index contributed by atoms with van der Waals surface area (Å²) < 4.78 is 0. The van der Waals surface area contributed by atoms with Gasteiger partial charge in [0.25, 0.3) is 5.91 Å². The van der Waals surface area contributed by atoms with Crippen LogP contribution in [0.25, 0.3) is 0 Å². The normalized spacial score (nSPS) is 10.1. The number of carbonyl (C=O) groups excluding carboxylic acids is 1. The highest BCUT2D eigenvalue weighted by Gasteiger charge is 2.13. The van der Waals surface area contributed by atoms with Gasteiger partial charge < -0.3 is 4.90 Å². The molecule has 0 radical (unpaired) electrons. The molecule has 0 unspecified atom stereocenters. The Morgan fingerprint density at radius 3 is 2.53 bits per heavy atom. The lowest BCUT2D eigenvalue weighted by Crippen LogP contribution is -2.28. The molecule has 1 rings (SSSR count). The van der Waals surface area contributed by atoms with Crippen LogP contribution in [0.2, 0.25) is 0 Å². The number of hydrogen-bond acceptors (Lipinski definition) is 1. The molecule has 15 heavy (non-hydrogen) atoms. The summed E-state index contributed by atoms with van der Waals surface area (Å²) in [7, 11) is 1.86. The van der Waals surface area contributed by atoms with E-state index in [1.54, 1.807) is 4.90 Å². The predicted molar refractivity (Wildman–Crippen MR) is 63.1 cm³/mol. The molecule has 0 fully saturated rings. The van der Waals surface area contributed by atoms with E-state index in [1.165, 1.54) is 0 Å². The van der Waals surface area contributed by atoms with Crippen molar-refractivity contribution in [3.8, 4) is 0 Å². The van der Waals surface area contributed by atoms with Gasteiger partial charge in [-0.25, -0.2) is 0 Å². The van der Waals surface area contributed by atoms with Gasteiger partial charge in [-0.15, -0.1) is 0 Å². The van der Waals surface area contributed by atoms with Crippen molar-refractivity contribution in [2.45, 2.75) is 26.7 Å². The van der Waals surface area contributed by atoms with E-state index in [-0.39, 0.29) is 5.91 Å².